The summed E-state index contributed by atoms with van der Waals surface area (Å²) in [5, 5.41) is 9.31. The molecule has 2 heterocycles. The molecule has 2 aromatic carbocycles. The van der Waals surface area contributed by atoms with Crippen LogP contribution in [0.15, 0.2) is 60.0 Å². The Labute approximate surface area is 208 Å². The molecule has 2 N–H and O–H groups in total. The molecule has 34 heavy (non-hydrogen) atoms. The number of benzene rings is 2. The maximum Gasteiger partial charge on any atom is 0.325 e. The van der Waals surface area contributed by atoms with Crippen molar-refractivity contribution in [2.45, 2.75) is 18.8 Å². The number of carbonyl (C=O) groups is 2. The number of anilines is 1. The zero-order valence-corrected chi connectivity index (χ0v) is 20.5. The van der Waals surface area contributed by atoms with E-state index in [0.717, 1.165) is 47.8 Å². The van der Waals surface area contributed by atoms with Crippen molar-refractivity contribution in [1.29, 1.82) is 0 Å². The summed E-state index contributed by atoms with van der Waals surface area (Å²) in [7, 11) is 1.35. The third-order valence-electron chi connectivity index (χ3n) is 5.76. The van der Waals surface area contributed by atoms with Crippen LogP contribution < -0.4 is 10.6 Å². The van der Waals surface area contributed by atoms with Gasteiger partial charge in [-0.2, -0.15) is 0 Å². The standard InChI is InChI=1S/C25H26N4O3S2/c1-32-22(30)15-26-25(33)29-13-11-18(12-14-29)24-28-21(16-34-24)23(31)27-20-10-6-5-9-19(20)17-7-3-2-4-8-17/h2-10,16,18H,11-15H2,1H3,(H,26,33)(H,27,31). The van der Waals surface area contributed by atoms with Crippen molar-refractivity contribution in [2.24, 2.45) is 0 Å². The predicted molar refractivity (Wildman–Crippen MR) is 138 cm³/mol. The Morgan fingerprint density at radius 1 is 1.12 bits per heavy atom. The summed E-state index contributed by atoms with van der Waals surface area (Å²) in [4.78, 5) is 30.9. The molecule has 0 bridgehead atoms. The molecule has 0 unspecified atom stereocenters. The summed E-state index contributed by atoms with van der Waals surface area (Å²) in [6.45, 7) is 1.60. The highest BCUT2D eigenvalue weighted by atomic mass is 32.1. The second kappa shape index (κ2) is 11.2. The maximum atomic E-state index is 12.9. The van der Waals surface area contributed by atoms with Crippen LogP contribution in [0, 0.1) is 0 Å². The first kappa shape index (κ1) is 23.8. The van der Waals surface area contributed by atoms with E-state index in [1.165, 1.54) is 18.4 Å². The van der Waals surface area contributed by atoms with Crippen molar-refractivity contribution >= 4 is 46.2 Å². The van der Waals surface area contributed by atoms with Gasteiger partial charge in [0.15, 0.2) is 5.11 Å². The number of aromatic nitrogens is 1. The number of hydrogen-bond donors (Lipinski definition) is 2. The van der Waals surface area contributed by atoms with Gasteiger partial charge in [-0.05, 0) is 36.7 Å². The number of esters is 1. The minimum atomic E-state index is -0.350. The maximum absolute atomic E-state index is 12.9. The minimum absolute atomic E-state index is 0.0631. The molecule has 0 spiro atoms. The van der Waals surface area contributed by atoms with Crippen LogP contribution in [0.2, 0.25) is 0 Å². The lowest BCUT2D eigenvalue weighted by molar-refractivity contribution is -0.139. The van der Waals surface area contributed by atoms with Gasteiger partial charge >= 0.3 is 5.97 Å². The molecule has 4 rings (SSSR count). The number of nitrogens with one attached hydrogen (secondary N) is 2. The number of amides is 1. The highest BCUT2D eigenvalue weighted by Crippen LogP contribution is 2.31. The predicted octanol–water partition coefficient (Wildman–Crippen LogP) is 4.29. The number of nitrogens with zero attached hydrogens (tertiary/aromatic N) is 2. The number of methoxy groups -OCH3 is 1. The highest BCUT2D eigenvalue weighted by molar-refractivity contribution is 7.80. The third kappa shape index (κ3) is 5.78. The normalized spacial score (nSPS) is 13.9. The van der Waals surface area contributed by atoms with E-state index in [2.05, 4.69) is 25.3 Å². The van der Waals surface area contributed by atoms with Gasteiger partial charge in [0.2, 0.25) is 0 Å². The molecule has 0 aliphatic carbocycles. The SMILES string of the molecule is COC(=O)CNC(=S)N1CCC(c2nc(C(=O)Nc3ccccc3-c3ccccc3)cs2)CC1. The molecule has 9 heteroatoms. The van der Waals surface area contributed by atoms with Crippen LogP contribution in [0.25, 0.3) is 11.1 Å². The van der Waals surface area contributed by atoms with Crippen molar-refractivity contribution in [3.05, 3.63) is 70.7 Å². The van der Waals surface area contributed by atoms with Gasteiger partial charge < -0.3 is 20.3 Å². The third-order valence-corrected chi connectivity index (χ3v) is 7.17. The molecule has 1 saturated heterocycles. The first-order valence-corrected chi connectivity index (χ1v) is 12.3. The number of rotatable bonds is 6. The Kier molecular flexibility index (Phi) is 7.87. The zero-order chi connectivity index (χ0) is 23.9. The van der Waals surface area contributed by atoms with Crippen LogP contribution in [-0.4, -0.2) is 53.6 Å². The van der Waals surface area contributed by atoms with Crippen LogP contribution in [0.1, 0.15) is 34.3 Å². The average Bonchev–Trinajstić information content (AvgIpc) is 3.38. The lowest BCUT2D eigenvalue weighted by atomic mass is 9.98. The molecule has 0 saturated carbocycles. The summed E-state index contributed by atoms with van der Waals surface area (Å²) in [6.07, 6.45) is 1.76. The van der Waals surface area contributed by atoms with Gasteiger partial charge in [-0.25, -0.2) is 4.98 Å². The summed E-state index contributed by atoms with van der Waals surface area (Å²) in [5.41, 5.74) is 3.20. The summed E-state index contributed by atoms with van der Waals surface area (Å²) < 4.78 is 4.63. The lowest BCUT2D eigenvalue weighted by Crippen LogP contribution is -2.45. The average molecular weight is 495 g/mol. The summed E-state index contributed by atoms with van der Waals surface area (Å²) in [5.74, 6) is -0.281. The van der Waals surface area contributed by atoms with E-state index in [4.69, 9.17) is 12.2 Å². The number of ether oxygens (including phenoxy) is 1. The molecule has 0 radical (unpaired) electrons. The molecule has 0 atom stereocenters. The lowest BCUT2D eigenvalue weighted by Gasteiger charge is -2.33. The van der Waals surface area contributed by atoms with E-state index in [9.17, 15) is 9.59 Å². The van der Waals surface area contributed by atoms with Gasteiger partial charge in [0.05, 0.1) is 12.1 Å². The Bertz CT molecular complexity index is 1160. The topological polar surface area (TPSA) is 83.6 Å². The molecule has 1 fully saturated rings. The Morgan fingerprint density at radius 2 is 1.82 bits per heavy atom. The number of para-hydroxylation sites is 1. The van der Waals surface area contributed by atoms with Crippen LogP contribution >= 0.6 is 23.6 Å². The molecular weight excluding hydrogens is 468 g/mol. The zero-order valence-electron chi connectivity index (χ0n) is 18.8. The second-order valence-electron chi connectivity index (χ2n) is 7.93. The van der Waals surface area contributed by atoms with Gasteiger partial charge in [0.1, 0.15) is 12.2 Å². The minimum Gasteiger partial charge on any atom is -0.468 e. The molecule has 176 valence electrons. The molecule has 7 nitrogen and oxygen atoms in total. The smallest absolute Gasteiger partial charge is 0.325 e. The number of carbonyl (C=O) groups excluding carboxylic acids is 2. The van der Waals surface area contributed by atoms with Crippen molar-refractivity contribution < 1.29 is 14.3 Å². The fourth-order valence-corrected chi connectivity index (χ4v) is 5.11. The van der Waals surface area contributed by atoms with E-state index < -0.39 is 0 Å². The molecule has 1 aliphatic heterocycles. The second-order valence-corrected chi connectivity index (χ2v) is 9.21. The van der Waals surface area contributed by atoms with Crippen molar-refractivity contribution in [1.82, 2.24) is 15.2 Å². The summed E-state index contributed by atoms with van der Waals surface area (Å²) >= 11 is 6.91. The Morgan fingerprint density at radius 3 is 2.56 bits per heavy atom. The number of piperidine rings is 1. The van der Waals surface area contributed by atoms with E-state index in [1.54, 1.807) is 0 Å². The highest BCUT2D eigenvalue weighted by Gasteiger charge is 2.25. The molecule has 1 amide bonds. The first-order chi connectivity index (χ1) is 16.5. The van der Waals surface area contributed by atoms with Gasteiger partial charge in [0, 0.05) is 35.6 Å². The van der Waals surface area contributed by atoms with Crippen LogP contribution in [0.4, 0.5) is 5.69 Å². The molecular formula is C25H26N4O3S2. The van der Waals surface area contributed by atoms with E-state index >= 15 is 0 Å². The van der Waals surface area contributed by atoms with Crippen LogP contribution in [-0.2, 0) is 9.53 Å². The number of thiazole rings is 1. The molecule has 1 aromatic heterocycles. The van der Waals surface area contributed by atoms with Gasteiger partial charge in [-0.1, -0.05) is 48.5 Å². The van der Waals surface area contributed by atoms with Gasteiger partial charge in [-0.3, -0.25) is 9.59 Å². The quantitative estimate of drug-likeness (QED) is 0.391. The molecule has 3 aromatic rings. The van der Waals surface area contributed by atoms with E-state index in [-0.39, 0.29) is 24.3 Å². The monoisotopic (exact) mass is 494 g/mol. The van der Waals surface area contributed by atoms with Crippen molar-refractivity contribution in [3.8, 4) is 11.1 Å². The number of thiocarbonyl (C=S) groups is 1. The van der Waals surface area contributed by atoms with E-state index in [0.29, 0.717) is 10.8 Å². The summed E-state index contributed by atoms with van der Waals surface area (Å²) in [6, 6.07) is 17.7. The Hall–Kier alpha value is -3.30. The largest absolute Gasteiger partial charge is 0.468 e. The van der Waals surface area contributed by atoms with Crippen molar-refractivity contribution in [3.63, 3.8) is 0 Å². The van der Waals surface area contributed by atoms with Crippen LogP contribution in [0.3, 0.4) is 0 Å². The van der Waals surface area contributed by atoms with Crippen molar-refractivity contribution in [2.75, 3.05) is 32.1 Å². The van der Waals surface area contributed by atoms with Gasteiger partial charge in [-0.15, -0.1) is 11.3 Å². The fraction of sp³-hybridized carbons (Fsp3) is 0.280. The van der Waals surface area contributed by atoms with Gasteiger partial charge in [0.25, 0.3) is 5.91 Å². The number of hydrogen-bond acceptors (Lipinski definition) is 6. The number of likely N-dealkylation sites (tertiary alicyclic amines) is 1. The fourth-order valence-electron chi connectivity index (χ4n) is 3.89. The van der Waals surface area contributed by atoms with Crippen LogP contribution in [0.5, 0.6) is 0 Å². The van der Waals surface area contributed by atoms with E-state index in [1.807, 2.05) is 60.0 Å². The first-order valence-electron chi connectivity index (χ1n) is 11.1. The Balaban J connectivity index is 1.35. The molecule has 1 aliphatic rings.